The molecule has 1 N–H and O–H groups in total. The van der Waals surface area contributed by atoms with E-state index in [4.69, 9.17) is 5.11 Å². The average Bonchev–Trinajstić information content (AvgIpc) is 2.91. The number of thiophene rings is 1. The molecule has 2 aromatic rings. The van der Waals surface area contributed by atoms with Gasteiger partial charge in [0.15, 0.2) is 0 Å². The summed E-state index contributed by atoms with van der Waals surface area (Å²) in [6.45, 7) is 2.20. The highest BCUT2D eigenvalue weighted by atomic mass is 32.2. The second-order valence-corrected chi connectivity index (χ2v) is 7.65. The number of hydrogen-bond acceptors (Lipinski definition) is 4. The summed E-state index contributed by atoms with van der Waals surface area (Å²) in [5, 5.41) is 10.2. The number of carboxylic acid groups (broad SMARTS) is 1. The number of carboxylic acids is 1. The molecule has 0 atom stereocenters. The Morgan fingerprint density at radius 1 is 1.29 bits per heavy atom. The molecule has 2 rings (SSSR count). The van der Waals surface area contributed by atoms with Crippen molar-refractivity contribution in [1.82, 2.24) is 4.31 Å². The largest absolute Gasteiger partial charge is 0.477 e. The van der Waals surface area contributed by atoms with Crippen LogP contribution in [0, 0.1) is 6.92 Å². The molecule has 0 aliphatic heterocycles. The van der Waals surface area contributed by atoms with E-state index in [1.807, 2.05) is 31.2 Å². The van der Waals surface area contributed by atoms with Crippen molar-refractivity contribution in [3.05, 3.63) is 51.7 Å². The smallest absolute Gasteiger partial charge is 0.345 e. The maximum atomic E-state index is 12.4. The maximum Gasteiger partial charge on any atom is 0.345 e. The van der Waals surface area contributed by atoms with E-state index in [9.17, 15) is 13.2 Å². The predicted octanol–water partition coefficient (Wildman–Crippen LogP) is 2.58. The van der Waals surface area contributed by atoms with E-state index in [2.05, 4.69) is 0 Å². The molecule has 1 heterocycles. The number of carbonyl (C=O) groups is 1. The van der Waals surface area contributed by atoms with Gasteiger partial charge in [-0.2, -0.15) is 4.31 Å². The lowest BCUT2D eigenvalue weighted by atomic mass is 10.1. The molecule has 112 valence electrons. The minimum Gasteiger partial charge on any atom is -0.477 e. The third kappa shape index (κ3) is 3.49. The van der Waals surface area contributed by atoms with Crippen molar-refractivity contribution in [3.63, 3.8) is 0 Å². The highest BCUT2D eigenvalue weighted by molar-refractivity contribution is 7.89. The summed E-state index contributed by atoms with van der Waals surface area (Å²) in [6.07, 6.45) is 0. The molecule has 0 saturated carbocycles. The lowest BCUT2D eigenvalue weighted by Crippen LogP contribution is -2.26. The number of aryl methyl sites for hydroxylation is 1. The van der Waals surface area contributed by atoms with Crippen molar-refractivity contribution in [3.8, 4) is 0 Å². The standard InChI is InChI=1S/C14H15NO4S2/c1-10-3-5-11(6-4-10)8-15(2)21(18,19)12-7-13(14(16)17)20-9-12/h3-7,9H,8H2,1-2H3,(H,16,17). The SMILES string of the molecule is Cc1ccc(CN(C)S(=O)(=O)c2csc(C(=O)O)c2)cc1. The van der Waals surface area contributed by atoms with Crippen LogP contribution >= 0.6 is 11.3 Å². The Morgan fingerprint density at radius 3 is 2.43 bits per heavy atom. The summed E-state index contributed by atoms with van der Waals surface area (Å²) >= 11 is 0.905. The zero-order valence-electron chi connectivity index (χ0n) is 11.6. The first-order chi connectivity index (χ1) is 9.80. The molecular weight excluding hydrogens is 310 g/mol. The monoisotopic (exact) mass is 325 g/mol. The molecule has 7 heteroatoms. The molecule has 0 bridgehead atoms. The van der Waals surface area contributed by atoms with Crippen LogP contribution in [-0.4, -0.2) is 30.8 Å². The van der Waals surface area contributed by atoms with Crippen molar-refractivity contribution in [2.45, 2.75) is 18.4 Å². The molecule has 0 amide bonds. The number of nitrogens with zero attached hydrogens (tertiary/aromatic N) is 1. The second-order valence-electron chi connectivity index (χ2n) is 4.70. The van der Waals surface area contributed by atoms with Crippen molar-refractivity contribution >= 4 is 27.3 Å². The molecule has 0 radical (unpaired) electrons. The minimum absolute atomic E-state index is 0.0114. The van der Waals surface area contributed by atoms with Gasteiger partial charge in [-0.3, -0.25) is 0 Å². The molecule has 0 fully saturated rings. The van der Waals surface area contributed by atoms with Crippen LogP contribution < -0.4 is 0 Å². The number of aromatic carboxylic acids is 1. The quantitative estimate of drug-likeness (QED) is 0.917. The van der Waals surface area contributed by atoms with Crippen molar-refractivity contribution in [2.75, 3.05) is 7.05 Å². The molecule has 0 aliphatic carbocycles. The van der Waals surface area contributed by atoms with Crippen LogP contribution in [0.4, 0.5) is 0 Å². The van der Waals surface area contributed by atoms with E-state index < -0.39 is 16.0 Å². The Kier molecular flexibility index (Phi) is 4.46. The molecule has 1 aromatic heterocycles. The van der Waals surface area contributed by atoms with Crippen molar-refractivity contribution < 1.29 is 18.3 Å². The number of benzene rings is 1. The van der Waals surface area contributed by atoms with Crippen molar-refractivity contribution in [1.29, 1.82) is 0 Å². The third-order valence-electron chi connectivity index (χ3n) is 3.02. The van der Waals surface area contributed by atoms with Gasteiger partial charge in [0.1, 0.15) is 4.88 Å². The van der Waals surface area contributed by atoms with Crippen LogP contribution in [0.1, 0.15) is 20.8 Å². The highest BCUT2D eigenvalue weighted by Crippen LogP contribution is 2.23. The molecule has 5 nitrogen and oxygen atoms in total. The highest BCUT2D eigenvalue weighted by Gasteiger charge is 2.23. The van der Waals surface area contributed by atoms with Gasteiger partial charge in [-0.25, -0.2) is 13.2 Å². The zero-order valence-corrected chi connectivity index (χ0v) is 13.2. The van der Waals surface area contributed by atoms with Gasteiger partial charge in [0.05, 0.1) is 4.90 Å². The summed E-state index contributed by atoms with van der Waals surface area (Å²) < 4.78 is 26.0. The fourth-order valence-electron chi connectivity index (χ4n) is 1.78. The Balaban J connectivity index is 2.21. The van der Waals surface area contributed by atoms with Crippen molar-refractivity contribution in [2.24, 2.45) is 0 Å². The van der Waals surface area contributed by atoms with Crippen LogP contribution in [0.15, 0.2) is 40.6 Å². The summed E-state index contributed by atoms with van der Waals surface area (Å²) in [5.74, 6) is -1.12. The number of hydrogen-bond donors (Lipinski definition) is 1. The Labute approximate surface area is 127 Å². The Bertz CT molecular complexity index is 748. The lowest BCUT2D eigenvalue weighted by molar-refractivity contribution is 0.0702. The second kappa shape index (κ2) is 5.97. The van der Waals surface area contributed by atoms with Gasteiger partial charge < -0.3 is 5.11 Å². The van der Waals surface area contributed by atoms with Gasteiger partial charge in [0.2, 0.25) is 10.0 Å². The van der Waals surface area contributed by atoms with Gasteiger partial charge in [-0.15, -0.1) is 11.3 Å². The summed E-state index contributed by atoms with van der Waals surface area (Å²) in [5.41, 5.74) is 1.98. The Morgan fingerprint density at radius 2 is 1.90 bits per heavy atom. The fourth-order valence-corrected chi connectivity index (χ4v) is 4.04. The minimum atomic E-state index is -3.68. The molecule has 0 unspecified atom stereocenters. The van der Waals surface area contributed by atoms with Crippen LogP contribution in [0.25, 0.3) is 0 Å². The summed E-state index contributed by atoms with van der Waals surface area (Å²) in [4.78, 5) is 10.9. The van der Waals surface area contributed by atoms with Gasteiger partial charge in [0.25, 0.3) is 0 Å². The topological polar surface area (TPSA) is 74.7 Å². The molecule has 1 aromatic carbocycles. The molecule has 21 heavy (non-hydrogen) atoms. The first-order valence-electron chi connectivity index (χ1n) is 6.14. The van der Waals surface area contributed by atoms with E-state index in [1.54, 1.807) is 0 Å². The number of sulfonamides is 1. The van der Waals surface area contributed by atoms with E-state index in [1.165, 1.54) is 22.8 Å². The first-order valence-corrected chi connectivity index (χ1v) is 8.46. The van der Waals surface area contributed by atoms with Crippen LogP contribution in [0.5, 0.6) is 0 Å². The van der Waals surface area contributed by atoms with Crippen LogP contribution in [-0.2, 0) is 16.6 Å². The Hall–Kier alpha value is -1.70. The zero-order chi connectivity index (χ0) is 15.6. The van der Waals surface area contributed by atoms with E-state index in [-0.39, 0.29) is 16.3 Å². The van der Waals surface area contributed by atoms with E-state index in [0.717, 1.165) is 22.5 Å². The van der Waals surface area contributed by atoms with Gasteiger partial charge in [0, 0.05) is 19.0 Å². The average molecular weight is 325 g/mol. The van der Waals surface area contributed by atoms with E-state index in [0.29, 0.717) is 0 Å². The normalized spacial score (nSPS) is 11.8. The fraction of sp³-hybridized carbons (Fsp3) is 0.214. The van der Waals surface area contributed by atoms with Gasteiger partial charge in [-0.05, 0) is 18.6 Å². The summed E-state index contributed by atoms with van der Waals surface area (Å²) in [7, 11) is -2.20. The maximum absolute atomic E-state index is 12.4. The van der Waals surface area contributed by atoms with E-state index >= 15 is 0 Å². The first kappa shape index (κ1) is 15.7. The molecule has 0 spiro atoms. The molecular formula is C14H15NO4S2. The lowest BCUT2D eigenvalue weighted by Gasteiger charge is -2.16. The van der Waals surface area contributed by atoms with Crippen LogP contribution in [0.2, 0.25) is 0 Å². The molecule has 0 saturated heterocycles. The summed E-state index contributed by atoms with van der Waals surface area (Å²) in [6, 6.07) is 8.77. The predicted molar refractivity (Wildman–Crippen MR) is 81.1 cm³/mol. The van der Waals surface area contributed by atoms with Gasteiger partial charge >= 0.3 is 5.97 Å². The molecule has 0 aliphatic rings. The third-order valence-corrected chi connectivity index (χ3v) is 5.87. The van der Waals surface area contributed by atoms with Gasteiger partial charge in [-0.1, -0.05) is 29.8 Å². The van der Waals surface area contributed by atoms with Crippen LogP contribution in [0.3, 0.4) is 0 Å². The number of rotatable bonds is 5.